The predicted octanol–water partition coefficient (Wildman–Crippen LogP) is 2.90. The molecule has 1 aromatic carbocycles. The maximum Gasteiger partial charge on any atom is 0.257 e. The van der Waals surface area contributed by atoms with Gasteiger partial charge in [-0.05, 0) is 44.1 Å². The molecular formula is C17H22N4O2S. The molecule has 1 aliphatic heterocycles. The van der Waals surface area contributed by atoms with E-state index < -0.39 is 0 Å². The van der Waals surface area contributed by atoms with Gasteiger partial charge in [-0.25, -0.2) is 0 Å². The zero-order chi connectivity index (χ0) is 17.1. The van der Waals surface area contributed by atoms with Crippen LogP contribution in [0.5, 0.6) is 5.75 Å². The summed E-state index contributed by atoms with van der Waals surface area (Å²) in [5.74, 6) is 1.77. The highest BCUT2D eigenvalue weighted by Gasteiger charge is 2.29. The summed E-state index contributed by atoms with van der Waals surface area (Å²) in [6.07, 6.45) is 1.96. The predicted molar refractivity (Wildman–Crippen MR) is 93.9 cm³/mol. The molecule has 1 aromatic heterocycles. The zero-order valence-electron chi connectivity index (χ0n) is 14.0. The molecule has 0 radical (unpaired) electrons. The molecule has 2 aromatic rings. The van der Waals surface area contributed by atoms with Gasteiger partial charge in [-0.3, -0.25) is 9.89 Å². The van der Waals surface area contributed by atoms with Gasteiger partial charge in [-0.2, -0.15) is 5.10 Å². The lowest BCUT2D eigenvalue weighted by Gasteiger charge is -2.32. The minimum atomic E-state index is 0.0144. The number of nitrogens with zero attached hydrogens (tertiary/aromatic N) is 3. The Hall–Kier alpha value is -2.15. The first-order valence-electron chi connectivity index (χ1n) is 8.24. The van der Waals surface area contributed by atoms with Crippen LogP contribution in [0.1, 0.15) is 41.9 Å². The highest BCUT2D eigenvalue weighted by Crippen LogP contribution is 2.28. The highest BCUT2D eigenvalue weighted by atomic mass is 32.1. The first kappa shape index (κ1) is 16.7. The number of likely N-dealkylation sites (tertiary alicyclic amines) is 1. The molecule has 0 saturated carbocycles. The Morgan fingerprint density at radius 1 is 1.46 bits per heavy atom. The van der Waals surface area contributed by atoms with E-state index in [9.17, 15) is 4.79 Å². The molecule has 0 bridgehead atoms. The Morgan fingerprint density at radius 2 is 2.25 bits per heavy atom. The van der Waals surface area contributed by atoms with E-state index in [4.69, 9.17) is 17.0 Å². The van der Waals surface area contributed by atoms with E-state index in [2.05, 4.69) is 10.2 Å². The van der Waals surface area contributed by atoms with Crippen LogP contribution in [0.4, 0.5) is 0 Å². The normalized spacial score (nSPS) is 17.8. The molecule has 1 atom stereocenters. The number of benzene rings is 1. The fourth-order valence-electron chi connectivity index (χ4n) is 3.19. The van der Waals surface area contributed by atoms with Gasteiger partial charge in [-0.1, -0.05) is 12.1 Å². The van der Waals surface area contributed by atoms with Crippen molar-refractivity contribution in [3.05, 3.63) is 40.4 Å². The number of piperidine rings is 1. The molecule has 24 heavy (non-hydrogen) atoms. The molecule has 1 amide bonds. The second-order valence-electron chi connectivity index (χ2n) is 5.97. The molecule has 2 heterocycles. The van der Waals surface area contributed by atoms with E-state index in [1.807, 2.05) is 47.7 Å². The molecule has 1 fully saturated rings. The number of para-hydroxylation sites is 1. The van der Waals surface area contributed by atoms with E-state index in [1.54, 1.807) is 0 Å². The number of hydrogen-bond acceptors (Lipinski definition) is 4. The van der Waals surface area contributed by atoms with Crippen LogP contribution in [0.2, 0.25) is 0 Å². The van der Waals surface area contributed by atoms with Crippen LogP contribution >= 0.6 is 12.2 Å². The lowest BCUT2D eigenvalue weighted by atomic mass is 9.96. The van der Waals surface area contributed by atoms with Gasteiger partial charge in [0, 0.05) is 26.1 Å². The lowest BCUT2D eigenvalue weighted by Crippen LogP contribution is -2.39. The standard InChI is InChI=1S/C17H22N4O2S/c1-3-23-14-9-5-4-8-13(14)16(22)21-10-6-7-12(11-21)15-18-19-17(24)20(15)2/h4-5,8-9,12H,3,6-7,10-11H2,1-2H3,(H,19,24). The summed E-state index contributed by atoms with van der Waals surface area (Å²) in [4.78, 5) is 14.8. The van der Waals surface area contributed by atoms with Crippen molar-refractivity contribution in [1.29, 1.82) is 0 Å². The van der Waals surface area contributed by atoms with Gasteiger partial charge in [0.2, 0.25) is 0 Å². The number of H-pyrrole nitrogens is 1. The van der Waals surface area contributed by atoms with Crippen LogP contribution < -0.4 is 4.74 Å². The van der Waals surface area contributed by atoms with Crippen LogP contribution in [-0.2, 0) is 7.05 Å². The average molecular weight is 346 g/mol. The fraction of sp³-hybridized carbons (Fsp3) is 0.471. The first-order chi connectivity index (χ1) is 11.6. The van der Waals surface area contributed by atoms with Crippen molar-refractivity contribution in [2.45, 2.75) is 25.7 Å². The number of carbonyl (C=O) groups excluding carboxylic acids is 1. The number of amides is 1. The molecule has 0 aliphatic carbocycles. The second kappa shape index (κ2) is 7.17. The van der Waals surface area contributed by atoms with Crippen LogP contribution in [0.25, 0.3) is 0 Å². The van der Waals surface area contributed by atoms with Gasteiger partial charge in [0.25, 0.3) is 5.91 Å². The minimum Gasteiger partial charge on any atom is -0.493 e. The summed E-state index contributed by atoms with van der Waals surface area (Å²) in [5.41, 5.74) is 0.621. The van der Waals surface area contributed by atoms with Crippen molar-refractivity contribution in [3.63, 3.8) is 0 Å². The van der Waals surface area contributed by atoms with Crippen molar-refractivity contribution in [1.82, 2.24) is 19.7 Å². The molecule has 1 saturated heterocycles. The molecule has 0 spiro atoms. The van der Waals surface area contributed by atoms with Crippen LogP contribution in [0.15, 0.2) is 24.3 Å². The van der Waals surface area contributed by atoms with E-state index in [0.717, 1.165) is 25.2 Å². The third-order valence-corrected chi connectivity index (χ3v) is 4.77. The van der Waals surface area contributed by atoms with Crippen molar-refractivity contribution in [3.8, 4) is 5.75 Å². The van der Waals surface area contributed by atoms with Gasteiger partial charge in [0.05, 0.1) is 12.2 Å². The molecule has 128 valence electrons. The Bertz CT molecular complexity index is 783. The number of rotatable bonds is 4. The van der Waals surface area contributed by atoms with Crippen LogP contribution in [-0.4, -0.2) is 45.3 Å². The molecule has 7 heteroatoms. The summed E-state index contributed by atoms with van der Waals surface area (Å²) < 4.78 is 8.10. The Kier molecular flexibility index (Phi) is 4.99. The topological polar surface area (TPSA) is 63.1 Å². The van der Waals surface area contributed by atoms with Gasteiger partial charge < -0.3 is 14.2 Å². The summed E-state index contributed by atoms with van der Waals surface area (Å²) in [6.45, 7) is 3.86. The summed E-state index contributed by atoms with van der Waals surface area (Å²) >= 11 is 5.19. The van der Waals surface area contributed by atoms with Gasteiger partial charge in [-0.15, -0.1) is 0 Å². The molecule has 1 aliphatic rings. The number of aromatic nitrogens is 3. The van der Waals surface area contributed by atoms with E-state index in [1.165, 1.54) is 0 Å². The quantitative estimate of drug-likeness (QED) is 0.865. The average Bonchev–Trinajstić information content (AvgIpc) is 2.94. The molecule has 6 nitrogen and oxygen atoms in total. The van der Waals surface area contributed by atoms with E-state index >= 15 is 0 Å². The minimum absolute atomic E-state index is 0.0144. The van der Waals surface area contributed by atoms with Crippen molar-refractivity contribution >= 4 is 18.1 Å². The van der Waals surface area contributed by atoms with Crippen molar-refractivity contribution < 1.29 is 9.53 Å². The Morgan fingerprint density at radius 3 is 2.96 bits per heavy atom. The number of carbonyl (C=O) groups is 1. The lowest BCUT2D eigenvalue weighted by molar-refractivity contribution is 0.0699. The van der Waals surface area contributed by atoms with Crippen molar-refractivity contribution in [2.75, 3.05) is 19.7 Å². The Labute approximate surface area is 146 Å². The smallest absolute Gasteiger partial charge is 0.257 e. The molecule has 3 rings (SSSR count). The second-order valence-corrected chi connectivity index (χ2v) is 6.35. The largest absolute Gasteiger partial charge is 0.493 e. The fourth-order valence-corrected chi connectivity index (χ4v) is 3.33. The monoisotopic (exact) mass is 346 g/mol. The first-order valence-corrected chi connectivity index (χ1v) is 8.65. The van der Waals surface area contributed by atoms with Gasteiger partial charge in [0.15, 0.2) is 4.77 Å². The van der Waals surface area contributed by atoms with Crippen LogP contribution in [0, 0.1) is 4.77 Å². The zero-order valence-corrected chi connectivity index (χ0v) is 14.8. The summed E-state index contributed by atoms with van der Waals surface area (Å²) in [7, 11) is 1.91. The third kappa shape index (κ3) is 3.21. The van der Waals surface area contributed by atoms with E-state index in [-0.39, 0.29) is 11.8 Å². The number of aromatic amines is 1. The Balaban J connectivity index is 1.81. The number of ether oxygens (including phenoxy) is 1. The summed E-state index contributed by atoms with van der Waals surface area (Å²) in [6, 6.07) is 7.42. The SMILES string of the molecule is CCOc1ccccc1C(=O)N1CCCC(c2n[nH]c(=S)n2C)C1. The third-order valence-electron chi connectivity index (χ3n) is 4.41. The highest BCUT2D eigenvalue weighted by molar-refractivity contribution is 7.71. The van der Waals surface area contributed by atoms with Gasteiger partial charge in [0.1, 0.15) is 11.6 Å². The maximum atomic E-state index is 13.0. The number of nitrogens with one attached hydrogen (secondary N) is 1. The van der Waals surface area contributed by atoms with Crippen LogP contribution in [0.3, 0.4) is 0 Å². The molecule has 1 N–H and O–H groups in total. The number of hydrogen-bond donors (Lipinski definition) is 1. The van der Waals surface area contributed by atoms with Crippen molar-refractivity contribution in [2.24, 2.45) is 7.05 Å². The maximum absolute atomic E-state index is 13.0. The molecule has 1 unspecified atom stereocenters. The van der Waals surface area contributed by atoms with E-state index in [0.29, 0.717) is 29.2 Å². The summed E-state index contributed by atoms with van der Waals surface area (Å²) in [5, 5.41) is 7.16. The van der Waals surface area contributed by atoms with Gasteiger partial charge >= 0.3 is 0 Å². The molecular weight excluding hydrogens is 324 g/mol.